The van der Waals surface area contributed by atoms with E-state index in [1.54, 1.807) is 0 Å². The SMILES string of the molecule is O=S(=O)(Cl)c1cc(-c2ccccc2)c(S(=O)(=O)Cl)c(S(=O)(=O)Cl)c1S(=O)(=O)Cl. The van der Waals surface area contributed by atoms with Gasteiger partial charge in [0.05, 0.1) is 0 Å². The first-order chi connectivity index (χ1) is 12.5. The molecule has 2 rings (SSSR count). The normalized spacial score (nSPS) is 13.4. The molecule has 0 unspecified atom stereocenters. The average molecular weight is 548 g/mol. The van der Waals surface area contributed by atoms with Crippen LogP contribution < -0.4 is 0 Å². The van der Waals surface area contributed by atoms with E-state index >= 15 is 0 Å². The summed E-state index contributed by atoms with van der Waals surface area (Å²) in [5, 5.41) is 0. The fourth-order valence-electron chi connectivity index (χ4n) is 2.31. The van der Waals surface area contributed by atoms with Crippen LogP contribution in [0.25, 0.3) is 11.1 Å². The van der Waals surface area contributed by atoms with Gasteiger partial charge in [-0.1, -0.05) is 30.3 Å². The van der Waals surface area contributed by atoms with Gasteiger partial charge in [-0.05, 0) is 11.6 Å². The molecule has 0 heterocycles. The molecule has 0 spiro atoms. The Hall–Kier alpha value is -0.600. The maximum absolute atomic E-state index is 12.2. The van der Waals surface area contributed by atoms with Gasteiger partial charge in [0, 0.05) is 48.3 Å². The molecule has 0 N–H and O–H groups in total. The zero-order chi connectivity index (χ0) is 21.7. The van der Waals surface area contributed by atoms with Crippen molar-refractivity contribution in [3.05, 3.63) is 36.4 Å². The number of hydrogen-bond donors (Lipinski definition) is 0. The lowest BCUT2D eigenvalue weighted by Crippen LogP contribution is -2.13. The molecule has 0 amide bonds. The van der Waals surface area contributed by atoms with E-state index in [9.17, 15) is 33.7 Å². The number of benzene rings is 2. The monoisotopic (exact) mass is 546 g/mol. The van der Waals surface area contributed by atoms with Gasteiger partial charge in [0.25, 0.3) is 36.2 Å². The predicted molar refractivity (Wildman–Crippen MR) is 104 cm³/mol. The summed E-state index contributed by atoms with van der Waals surface area (Å²) in [7, 11) is 0.680. The third-order valence-corrected chi connectivity index (χ3v) is 9.08. The van der Waals surface area contributed by atoms with Crippen molar-refractivity contribution < 1.29 is 33.7 Å². The maximum atomic E-state index is 12.2. The Kier molecular flexibility index (Phi) is 6.41. The van der Waals surface area contributed by atoms with Crippen LogP contribution in [0, 0.1) is 0 Å². The first-order valence-corrected chi connectivity index (χ1v) is 15.7. The Morgan fingerprint density at radius 1 is 0.536 bits per heavy atom. The highest BCUT2D eigenvalue weighted by molar-refractivity contribution is 8.18. The molecule has 0 bridgehead atoms. The molecule has 0 atom stereocenters. The summed E-state index contributed by atoms with van der Waals surface area (Å²) in [5.74, 6) is 0. The molecule has 16 heteroatoms. The van der Waals surface area contributed by atoms with E-state index in [0.717, 1.165) is 0 Å². The molecule has 0 aliphatic carbocycles. The molecule has 2 aromatic rings. The lowest BCUT2D eigenvalue weighted by atomic mass is 10.1. The molecular weight excluding hydrogens is 542 g/mol. The van der Waals surface area contributed by atoms with Crippen molar-refractivity contribution in [2.75, 3.05) is 0 Å². The van der Waals surface area contributed by atoms with Gasteiger partial charge in [-0.3, -0.25) is 0 Å². The van der Waals surface area contributed by atoms with Crippen molar-refractivity contribution >= 4 is 78.9 Å². The van der Waals surface area contributed by atoms with Crippen LogP contribution in [0.5, 0.6) is 0 Å². The quantitative estimate of drug-likeness (QED) is 0.521. The van der Waals surface area contributed by atoms with Gasteiger partial charge >= 0.3 is 0 Å². The third-order valence-electron chi connectivity index (χ3n) is 3.24. The molecular formula is C12H6Cl4O8S4. The fourth-order valence-corrected chi connectivity index (χ4v) is 9.65. The van der Waals surface area contributed by atoms with Crippen molar-refractivity contribution in [2.45, 2.75) is 19.6 Å². The van der Waals surface area contributed by atoms with Crippen LogP contribution in [0.4, 0.5) is 0 Å². The Labute approximate surface area is 178 Å². The average Bonchev–Trinajstić information content (AvgIpc) is 2.50. The van der Waals surface area contributed by atoms with Crippen LogP contribution in [-0.4, -0.2) is 33.7 Å². The van der Waals surface area contributed by atoms with E-state index in [-0.39, 0.29) is 5.56 Å². The Balaban J connectivity index is 3.43. The Morgan fingerprint density at radius 2 is 0.964 bits per heavy atom. The minimum atomic E-state index is -5.22. The topological polar surface area (TPSA) is 137 Å². The van der Waals surface area contributed by atoms with Gasteiger partial charge in [-0.25, -0.2) is 33.7 Å². The summed E-state index contributed by atoms with van der Waals surface area (Å²) in [6.45, 7) is 0. The summed E-state index contributed by atoms with van der Waals surface area (Å²) in [6, 6.07) is 7.45. The Morgan fingerprint density at radius 3 is 1.32 bits per heavy atom. The third kappa shape index (κ3) is 4.93. The standard InChI is InChI=1S/C12H6Cl4O8S4/c13-25(17,18)9-6-8(7-4-2-1-3-5-7)10(26(14,19)20)12(28(16,23)24)11(9)27(15,21)22/h1-6H. The molecule has 0 radical (unpaired) electrons. The highest BCUT2D eigenvalue weighted by Gasteiger charge is 2.40. The minimum Gasteiger partial charge on any atom is -0.207 e. The summed E-state index contributed by atoms with van der Waals surface area (Å²) in [6.07, 6.45) is 0. The van der Waals surface area contributed by atoms with E-state index in [0.29, 0.717) is 6.07 Å². The van der Waals surface area contributed by atoms with Crippen molar-refractivity contribution in [3.8, 4) is 11.1 Å². The highest BCUT2D eigenvalue weighted by atomic mass is 35.7. The number of hydrogen-bond acceptors (Lipinski definition) is 8. The van der Waals surface area contributed by atoms with E-state index in [4.69, 9.17) is 42.7 Å². The second kappa shape index (κ2) is 7.58. The van der Waals surface area contributed by atoms with Crippen LogP contribution in [0.1, 0.15) is 0 Å². The van der Waals surface area contributed by atoms with Gasteiger partial charge in [-0.15, -0.1) is 0 Å². The van der Waals surface area contributed by atoms with Gasteiger partial charge in [0.2, 0.25) is 0 Å². The largest absolute Gasteiger partial charge is 0.264 e. The molecule has 0 aliphatic rings. The summed E-state index contributed by atoms with van der Waals surface area (Å²) in [4.78, 5) is -5.80. The predicted octanol–water partition coefficient (Wildman–Crippen LogP) is 3.06. The van der Waals surface area contributed by atoms with Crippen LogP contribution in [0.3, 0.4) is 0 Å². The molecule has 0 saturated heterocycles. The number of rotatable bonds is 5. The minimum absolute atomic E-state index is 0.0246. The Bertz CT molecular complexity index is 1380. The first-order valence-electron chi connectivity index (χ1n) is 6.51. The molecule has 28 heavy (non-hydrogen) atoms. The van der Waals surface area contributed by atoms with Crippen LogP contribution in [0.15, 0.2) is 56.0 Å². The molecule has 0 saturated carbocycles. The zero-order valence-electron chi connectivity index (χ0n) is 12.9. The molecule has 8 nitrogen and oxygen atoms in total. The second-order valence-corrected chi connectivity index (χ2v) is 15.1. The van der Waals surface area contributed by atoms with Crippen molar-refractivity contribution in [1.82, 2.24) is 0 Å². The summed E-state index contributed by atoms with van der Waals surface area (Å²) >= 11 is 0. The maximum Gasteiger partial charge on any atom is 0.264 e. The smallest absolute Gasteiger partial charge is 0.207 e. The lowest BCUT2D eigenvalue weighted by Gasteiger charge is -2.16. The van der Waals surface area contributed by atoms with Crippen LogP contribution >= 0.6 is 42.7 Å². The molecule has 0 aromatic heterocycles. The fraction of sp³-hybridized carbons (Fsp3) is 0. The summed E-state index contributed by atoms with van der Waals surface area (Å²) < 4.78 is 96.4. The molecule has 0 fully saturated rings. The summed E-state index contributed by atoms with van der Waals surface area (Å²) in [5.41, 5.74) is -0.596. The van der Waals surface area contributed by atoms with E-state index < -0.39 is 61.3 Å². The lowest BCUT2D eigenvalue weighted by molar-refractivity contribution is 0.581. The van der Waals surface area contributed by atoms with Crippen molar-refractivity contribution in [3.63, 3.8) is 0 Å². The second-order valence-electron chi connectivity index (χ2n) is 5.03. The van der Waals surface area contributed by atoms with E-state index in [2.05, 4.69) is 0 Å². The van der Waals surface area contributed by atoms with E-state index in [1.807, 2.05) is 0 Å². The molecule has 2 aromatic carbocycles. The van der Waals surface area contributed by atoms with Gasteiger partial charge in [0.1, 0.15) is 19.6 Å². The molecule has 0 aliphatic heterocycles. The van der Waals surface area contributed by atoms with Crippen molar-refractivity contribution in [1.29, 1.82) is 0 Å². The zero-order valence-corrected chi connectivity index (χ0v) is 19.2. The van der Waals surface area contributed by atoms with Gasteiger partial charge in [0.15, 0.2) is 0 Å². The van der Waals surface area contributed by atoms with E-state index in [1.165, 1.54) is 30.3 Å². The highest BCUT2D eigenvalue weighted by Crippen LogP contribution is 2.44. The first kappa shape index (κ1) is 23.7. The number of halogens is 4. The van der Waals surface area contributed by atoms with Crippen LogP contribution in [0.2, 0.25) is 0 Å². The van der Waals surface area contributed by atoms with Gasteiger partial charge in [-0.2, -0.15) is 0 Å². The van der Waals surface area contributed by atoms with Gasteiger partial charge < -0.3 is 0 Å². The van der Waals surface area contributed by atoms with Crippen molar-refractivity contribution in [2.24, 2.45) is 0 Å². The molecule has 154 valence electrons. The van der Waals surface area contributed by atoms with Crippen LogP contribution in [-0.2, 0) is 36.2 Å².